The molecular formula is C15H21NO4. The Hall–Kier alpha value is -1.91. The highest BCUT2D eigenvalue weighted by molar-refractivity contribution is 5.70. The monoisotopic (exact) mass is 279 g/mol. The molecule has 0 atom stereocenters. The molecule has 1 aromatic rings. The smallest absolute Gasteiger partial charge is 0.306 e. The summed E-state index contributed by atoms with van der Waals surface area (Å²) in [5.74, 6) is -0.408. The van der Waals surface area contributed by atoms with Crippen LogP contribution in [0.5, 0.6) is 0 Å². The van der Waals surface area contributed by atoms with Crippen LogP contribution in [0.2, 0.25) is 0 Å². The van der Waals surface area contributed by atoms with Gasteiger partial charge in [-0.25, -0.2) is 0 Å². The van der Waals surface area contributed by atoms with Crippen LogP contribution in [-0.4, -0.2) is 30.1 Å². The van der Waals surface area contributed by atoms with Crippen molar-refractivity contribution in [2.24, 2.45) is 0 Å². The van der Waals surface area contributed by atoms with Crippen molar-refractivity contribution in [3.63, 3.8) is 0 Å². The largest absolute Gasteiger partial charge is 0.466 e. The lowest BCUT2D eigenvalue weighted by Crippen LogP contribution is -2.06. The Kier molecular flexibility index (Phi) is 7.32. The highest BCUT2D eigenvalue weighted by atomic mass is 16.5. The van der Waals surface area contributed by atoms with E-state index in [9.17, 15) is 9.59 Å². The van der Waals surface area contributed by atoms with Crippen LogP contribution in [0.4, 0.5) is 0 Å². The molecule has 0 aliphatic heterocycles. The van der Waals surface area contributed by atoms with Gasteiger partial charge in [0.1, 0.15) is 0 Å². The van der Waals surface area contributed by atoms with Gasteiger partial charge in [-0.1, -0.05) is 6.07 Å². The van der Waals surface area contributed by atoms with Gasteiger partial charge in [0.15, 0.2) is 0 Å². The number of hydrogen-bond donors (Lipinski definition) is 0. The molecule has 20 heavy (non-hydrogen) atoms. The first-order valence-electron chi connectivity index (χ1n) is 6.89. The Bertz CT molecular complexity index is 408. The molecule has 0 aliphatic rings. The third-order valence-corrected chi connectivity index (χ3v) is 2.70. The summed E-state index contributed by atoms with van der Waals surface area (Å²) in [6.45, 7) is 4.37. The van der Waals surface area contributed by atoms with Gasteiger partial charge >= 0.3 is 11.9 Å². The lowest BCUT2D eigenvalue weighted by atomic mass is 10.1. The van der Waals surface area contributed by atoms with Gasteiger partial charge in [-0.2, -0.15) is 0 Å². The molecule has 5 heteroatoms. The molecule has 0 aromatic carbocycles. The van der Waals surface area contributed by atoms with Gasteiger partial charge < -0.3 is 9.47 Å². The fourth-order valence-electron chi connectivity index (χ4n) is 1.77. The van der Waals surface area contributed by atoms with Gasteiger partial charge in [0.25, 0.3) is 0 Å². The first kappa shape index (κ1) is 16.1. The molecule has 0 bridgehead atoms. The molecule has 0 saturated heterocycles. The fraction of sp³-hybridized carbons (Fsp3) is 0.533. The predicted octanol–water partition coefficient (Wildman–Crippen LogP) is 2.07. The molecule has 110 valence electrons. The maximum absolute atomic E-state index is 11.3. The van der Waals surface area contributed by atoms with Gasteiger partial charge in [-0.3, -0.25) is 14.6 Å². The minimum absolute atomic E-state index is 0.204. The molecule has 1 heterocycles. The van der Waals surface area contributed by atoms with Crippen LogP contribution in [0.3, 0.4) is 0 Å². The normalized spacial score (nSPS) is 10.1. The Labute approximate surface area is 119 Å². The second-order valence-electron chi connectivity index (χ2n) is 4.31. The van der Waals surface area contributed by atoms with E-state index in [0.29, 0.717) is 38.9 Å². The Balaban J connectivity index is 2.45. The number of aryl methyl sites for hydroxylation is 2. The summed E-state index contributed by atoms with van der Waals surface area (Å²) in [5, 5.41) is 0. The lowest BCUT2D eigenvalue weighted by molar-refractivity contribution is -0.143. The van der Waals surface area contributed by atoms with E-state index in [1.165, 1.54) is 0 Å². The standard InChI is InChI=1S/C15H21NO4/c1-3-19-14(17)7-5-12-9-13(11-16-10-12)6-8-15(18)20-4-2/h9-11H,3-8H2,1-2H3. The van der Waals surface area contributed by atoms with Crippen LogP contribution in [-0.2, 0) is 31.9 Å². The molecule has 0 saturated carbocycles. The van der Waals surface area contributed by atoms with Crippen LogP contribution in [0.1, 0.15) is 37.8 Å². The van der Waals surface area contributed by atoms with E-state index in [-0.39, 0.29) is 11.9 Å². The fourth-order valence-corrected chi connectivity index (χ4v) is 1.77. The van der Waals surface area contributed by atoms with Gasteiger partial charge in [0.05, 0.1) is 13.2 Å². The van der Waals surface area contributed by atoms with Crippen LogP contribution < -0.4 is 0 Å². The summed E-state index contributed by atoms with van der Waals surface area (Å²) >= 11 is 0. The number of pyridine rings is 1. The highest BCUT2D eigenvalue weighted by Gasteiger charge is 2.06. The van der Waals surface area contributed by atoms with Crippen molar-refractivity contribution < 1.29 is 19.1 Å². The van der Waals surface area contributed by atoms with Crippen LogP contribution in [0.25, 0.3) is 0 Å². The Morgan fingerprint density at radius 3 is 1.80 bits per heavy atom. The molecule has 0 aliphatic carbocycles. The summed E-state index contributed by atoms with van der Waals surface area (Å²) in [5.41, 5.74) is 1.94. The SMILES string of the molecule is CCOC(=O)CCc1cncc(CCC(=O)OCC)c1. The van der Waals surface area contributed by atoms with E-state index in [1.54, 1.807) is 26.2 Å². The van der Waals surface area contributed by atoms with E-state index < -0.39 is 0 Å². The molecular weight excluding hydrogens is 258 g/mol. The van der Waals surface area contributed by atoms with Crippen molar-refractivity contribution in [3.8, 4) is 0 Å². The predicted molar refractivity (Wildman–Crippen MR) is 74.1 cm³/mol. The van der Waals surface area contributed by atoms with Crippen LogP contribution >= 0.6 is 0 Å². The molecule has 0 amide bonds. The second-order valence-corrected chi connectivity index (χ2v) is 4.31. The quantitative estimate of drug-likeness (QED) is 0.682. The van der Waals surface area contributed by atoms with E-state index in [2.05, 4.69) is 4.98 Å². The minimum Gasteiger partial charge on any atom is -0.466 e. The molecule has 1 aromatic heterocycles. The molecule has 0 radical (unpaired) electrons. The summed E-state index contributed by atoms with van der Waals surface area (Å²) in [6.07, 6.45) is 5.34. The Morgan fingerprint density at radius 2 is 1.40 bits per heavy atom. The summed E-state index contributed by atoms with van der Waals surface area (Å²) in [7, 11) is 0. The van der Waals surface area contributed by atoms with Crippen LogP contribution in [0, 0.1) is 0 Å². The minimum atomic E-state index is -0.204. The lowest BCUT2D eigenvalue weighted by Gasteiger charge is -2.05. The molecule has 0 spiro atoms. The van der Waals surface area contributed by atoms with Crippen molar-refractivity contribution in [2.75, 3.05) is 13.2 Å². The zero-order chi connectivity index (χ0) is 14.8. The molecule has 0 N–H and O–H groups in total. The van der Waals surface area contributed by atoms with E-state index in [4.69, 9.17) is 9.47 Å². The van der Waals surface area contributed by atoms with E-state index in [0.717, 1.165) is 11.1 Å². The van der Waals surface area contributed by atoms with Gasteiger partial charge in [-0.15, -0.1) is 0 Å². The number of carbonyl (C=O) groups excluding carboxylic acids is 2. The number of rotatable bonds is 8. The van der Waals surface area contributed by atoms with Crippen molar-refractivity contribution in [2.45, 2.75) is 39.5 Å². The third-order valence-electron chi connectivity index (χ3n) is 2.70. The first-order chi connectivity index (χ1) is 9.65. The van der Waals surface area contributed by atoms with Gasteiger partial charge in [-0.05, 0) is 37.8 Å². The van der Waals surface area contributed by atoms with E-state index >= 15 is 0 Å². The second kappa shape index (κ2) is 9.07. The number of esters is 2. The molecule has 0 unspecified atom stereocenters. The van der Waals surface area contributed by atoms with Crippen molar-refractivity contribution >= 4 is 11.9 Å². The van der Waals surface area contributed by atoms with Crippen molar-refractivity contribution in [1.82, 2.24) is 4.98 Å². The maximum atomic E-state index is 11.3. The van der Waals surface area contributed by atoms with Crippen LogP contribution in [0.15, 0.2) is 18.5 Å². The number of ether oxygens (including phenoxy) is 2. The topological polar surface area (TPSA) is 65.5 Å². The van der Waals surface area contributed by atoms with Crippen molar-refractivity contribution in [1.29, 1.82) is 0 Å². The zero-order valence-electron chi connectivity index (χ0n) is 12.1. The molecule has 0 fully saturated rings. The third kappa shape index (κ3) is 6.31. The van der Waals surface area contributed by atoms with E-state index in [1.807, 2.05) is 6.07 Å². The maximum Gasteiger partial charge on any atom is 0.306 e. The summed E-state index contributed by atoms with van der Waals surface area (Å²) < 4.78 is 9.76. The average Bonchev–Trinajstić information content (AvgIpc) is 2.44. The van der Waals surface area contributed by atoms with Gasteiger partial charge in [0.2, 0.25) is 0 Å². The molecule has 1 rings (SSSR count). The zero-order valence-corrected chi connectivity index (χ0v) is 12.1. The number of nitrogens with zero attached hydrogens (tertiary/aromatic N) is 1. The highest BCUT2D eigenvalue weighted by Crippen LogP contribution is 2.08. The number of hydrogen-bond acceptors (Lipinski definition) is 5. The number of carbonyl (C=O) groups is 2. The summed E-state index contributed by atoms with van der Waals surface area (Å²) in [6, 6.07) is 1.96. The first-order valence-corrected chi connectivity index (χ1v) is 6.89. The average molecular weight is 279 g/mol. The van der Waals surface area contributed by atoms with Gasteiger partial charge in [0, 0.05) is 25.2 Å². The summed E-state index contributed by atoms with van der Waals surface area (Å²) in [4.78, 5) is 26.7. The van der Waals surface area contributed by atoms with Crippen molar-refractivity contribution in [3.05, 3.63) is 29.6 Å². The molecule has 5 nitrogen and oxygen atoms in total. The number of aromatic nitrogens is 1. The Morgan fingerprint density at radius 1 is 0.950 bits per heavy atom.